The second-order valence-electron chi connectivity index (χ2n) is 5.90. The summed E-state index contributed by atoms with van der Waals surface area (Å²) in [6, 6.07) is 8.81. The summed E-state index contributed by atoms with van der Waals surface area (Å²) in [6.45, 7) is 3.21. The number of benzene rings is 1. The summed E-state index contributed by atoms with van der Waals surface area (Å²) in [5.41, 5.74) is 1.30. The first kappa shape index (κ1) is 12.5. The van der Waals surface area contributed by atoms with Crippen LogP contribution >= 0.6 is 11.6 Å². The summed E-state index contributed by atoms with van der Waals surface area (Å²) >= 11 is 6.40. The molecule has 0 saturated heterocycles. The Morgan fingerprint density at radius 2 is 2.11 bits per heavy atom. The van der Waals surface area contributed by atoms with Gasteiger partial charge in [0.15, 0.2) is 0 Å². The van der Waals surface area contributed by atoms with E-state index in [0.29, 0.717) is 6.04 Å². The lowest BCUT2D eigenvalue weighted by Crippen LogP contribution is -2.31. The van der Waals surface area contributed by atoms with Crippen molar-refractivity contribution < 1.29 is 0 Å². The Bertz CT molecular complexity index is 417. The molecule has 1 aromatic rings. The molecule has 0 aromatic heterocycles. The summed E-state index contributed by atoms with van der Waals surface area (Å²) in [6.07, 6.45) is 5.74. The Hall–Kier alpha value is -0.530. The fraction of sp³-hybridized carbons (Fsp3) is 0.625. The van der Waals surface area contributed by atoms with E-state index in [1.54, 1.807) is 0 Å². The average Bonchev–Trinajstić information content (AvgIpc) is 2.99. The van der Waals surface area contributed by atoms with Gasteiger partial charge in [0.05, 0.1) is 0 Å². The zero-order valence-corrected chi connectivity index (χ0v) is 11.8. The molecule has 2 bridgehead atoms. The van der Waals surface area contributed by atoms with Gasteiger partial charge in [-0.15, -0.1) is 0 Å². The fourth-order valence-electron chi connectivity index (χ4n) is 4.14. The maximum absolute atomic E-state index is 6.40. The molecule has 0 heterocycles. The van der Waals surface area contributed by atoms with Crippen LogP contribution in [0.3, 0.4) is 0 Å². The van der Waals surface area contributed by atoms with Gasteiger partial charge in [0.25, 0.3) is 0 Å². The third kappa shape index (κ3) is 2.19. The molecule has 2 fully saturated rings. The fourth-order valence-corrected chi connectivity index (χ4v) is 4.39. The molecule has 98 valence electrons. The van der Waals surface area contributed by atoms with Crippen molar-refractivity contribution in [2.24, 2.45) is 17.8 Å². The lowest BCUT2D eigenvalue weighted by Gasteiger charge is -2.32. The lowest BCUT2D eigenvalue weighted by atomic mass is 9.80. The Balaban J connectivity index is 1.86. The van der Waals surface area contributed by atoms with Gasteiger partial charge in [0.1, 0.15) is 0 Å². The van der Waals surface area contributed by atoms with E-state index in [1.807, 2.05) is 12.1 Å². The van der Waals surface area contributed by atoms with Gasteiger partial charge < -0.3 is 5.32 Å². The first-order valence-corrected chi connectivity index (χ1v) is 7.65. The second kappa shape index (κ2) is 5.22. The first-order valence-electron chi connectivity index (χ1n) is 7.27. The van der Waals surface area contributed by atoms with E-state index in [4.69, 9.17) is 11.6 Å². The zero-order chi connectivity index (χ0) is 12.5. The van der Waals surface area contributed by atoms with Gasteiger partial charge >= 0.3 is 0 Å². The largest absolute Gasteiger partial charge is 0.310 e. The number of nitrogens with one attached hydrogen (secondary N) is 1. The van der Waals surface area contributed by atoms with Crippen molar-refractivity contribution in [2.45, 2.75) is 38.6 Å². The molecule has 4 atom stereocenters. The average molecular weight is 264 g/mol. The van der Waals surface area contributed by atoms with Crippen LogP contribution in [0.2, 0.25) is 5.02 Å². The van der Waals surface area contributed by atoms with Gasteiger partial charge in [0.2, 0.25) is 0 Å². The third-order valence-electron chi connectivity index (χ3n) is 4.89. The van der Waals surface area contributed by atoms with Crippen molar-refractivity contribution in [3.8, 4) is 0 Å². The number of rotatable bonds is 4. The summed E-state index contributed by atoms with van der Waals surface area (Å²) < 4.78 is 0. The van der Waals surface area contributed by atoms with E-state index in [9.17, 15) is 0 Å². The van der Waals surface area contributed by atoms with Crippen LogP contribution in [0.5, 0.6) is 0 Å². The van der Waals surface area contributed by atoms with E-state index in [0.717, 1.165) is 29.3 Å². The molecule has 2 heteroatoms. The van der Waals surface area contributed by atoms with E-state index in [1.165, 1.54) is 31.2 Å². The minimum atomic E-state index is 0.457. The third-order valence-corrected chi connectivity index (χ3v) is 5.23. The quantitative estimate of drug-likeness (QED) is 0.848. The van der Waals surface area contributed by atoms with Gasteiger partial charge in [-0.2, -0.15) is 0 Å². The second-order valence-corrected chi connectivity index (χ2v) is 6.30. The predicted molar refractivity (Wildman–Crippen MR) is 76.8 cm³/mol. The molecule has 1 nitrogen and oxygen atoms in total. The molecule has 1 N–H and O–H groups in total. The molecular weight excluding hydrogens is 242 g/mol. The highest BCUT2D eigenvalue weighted by molar-refractivity contribution is 6.31. The molecule has 0 radical (unpaired) electrons. The Labute approximate surface area is 115 Å². The summed E-state index contributed by atoms with van der Waals surface area (Å²) in [4.78, 5) is 0. The molecular formula is C16H22ClN. The SMILES string of the molecule is CCNC(c1ccccc1Cl)C1CC2CCC1C2. The van der Waals surface area contributed by atoms with E-state index in [-0.39, 0.29) is 0 Å². The first-order chi connectivity index (χ1) is 8.79. The molecule has 2 aliphatic rings. The zero-order valence-electron chi connectivity index (χ0n) is 11.0. The summed E-state index contributed by atoms with van der Waals surface area (Å²) in [7, 11) is 0. The van der Waals surface area contributed by atoms with Crippen LogP contribution in [0.1, 0.15) is 44.2 Å². The molecule has 2 saturated carbocycles. The van der Waals surface area contributed by atoms with Crippen molar-refractivity contribution in [3.05, 3.63) is 34.9 Å². The lowest BCUT2D eigenvalue weighted by molar-refractivity contribution is 0.253. The topological polar surface area (TPSA) is 12.0 Å². The van der Waals surface area contributed by atoms with Gasteiger partial charge in [-0.3, -0.25) is 0 Å². The van der Waals surface area contributed by atoms with Crippen LogP contribution in [0, 0.1) is 17.8 Å². The Morgan fingerprint density at radius 1 is 1.28 bits per heavy atom. The Kier molecular flexibility index (Phi) is 3.63. The van der Waals surface area contributed by atoms with Crippen LogP contribution in [0.4, 0.5) is 0 Å². The van der Waals surface area contributed by atoms with Crippen LogP contribution in [0.25, 0.3) is 0 Å². The smallest absolute Gasteiger partial charge is 0.0453 e. The molecule has 0 aliphatic heterocycles. The van der Waals surface area contributed by atoms with Crippen LogP contribution in [-0.2, 0) is 0 Å². The predicted octanol–water partition coefficient (Wildman–Crippen LogP) is 4.43. The maximum atomic E-state index is 6.40. The number of hydrogen-bond acceptors (Lipinski definition) is 1. The van der Waals surface area contributed by atoms with E-state index >= 15 is 0 Å². The monoisotopic (exact) mass is 263 g/mol. The molecule has 3 rings (SSSR count). The van der Waals surface area contributed by atoms with Crippen molar-refractivity contribution in [1.29, 1.82) is 0 Å². The molecule has 1 aromatic carbocycles. The normalized spacial score (nSPS) is 31.8. The van der Waals surface area contributed by atoms with Crippen LogP contribution in [-0.4, -0.2) is 6.54 Å². The van der Waals surface area contributed by atoms with Crippen molar-refractivity contribution >= 4 is 11.6 Å². The van der Waals surface area contributed by atoms with E-state index < -0.39 is 0 Å². The van der Waals surface area contributed by atoms with Gasteiger partial charge in [-0.05, 0) is 55.2 Å². The highest BCUT2D eigenvalue weighted by Gasteiger charge is 2.43. The molecule has 18 heavy (non-hydrogen) atoms. The van der Waals surface area contributed by atoms with Gasteiger partial charge in [-0.25, -0.2) is 0 Å². The van der Waals surface area contributed by atoms with E-state index in [2.05, 4.69) is 24.4 Å². The van der Waals surface area contributed by atoms with Crippen molar-refractivity contribution in [1.82, 2.24) is 5.32 Å². The highest BCUT2D eigenvalue weighted by atomic mass is 35.5. The molecule has 0 spiro atoms. The molecule has 4 unspecified atom stereocenters. The minimum absolute atomic E-state index is 0.457. The van der Waals surface area contributed by atoms with Gasteiger partial charge in [-0.1, -0.05) is 43.1 Å². The van der Waals surface area contributed by atoms with Crippen molar-refractivity contribution in [2.75, 3.05) is 6.54 Å². The van der Waals surface area contributed by atoms with Crippen LogP contribution in [0.15, 0.2) is 24.3 Å². The number of hydrogen-bond donors (Lipinski definition) is 1. The van der Waals surface area contributed by atoms with Crippen molar-refractivity contribution in [3.63, 3.8) is 0 Å². The summed E-state index contributed by atoms with van der Waals surface area (Å²) in [5, 5.41) is 4.60. The number of fused-ring (bicyclic) bond motifs is 2. The highest BCUT2D eigenvalue weighted by Crippen LogP contribution is 2.53. The Morgan fingerprint density at radius 3 is 2.72 bits per heavy atom. The molecule has 0 amide bonds. The van der Waals surface area contributed by atoms with Gasteiger partial charge in [0, 0.05) is 11.1 Å². The van der Waals surface area contributed by atoms with Crippen LogP contribution < -0.4 is 5.32 Å². The number of halogens is 1. The molecule has 2 aliphatic carbocycles. The minimum Gasteiger partial charge on any atom is -0.310 e. The summed E-state index contributed by atoms with van der Waals surface area (Å²) in [5.74, 6) is 2.71. The standard InChI is InChI=1S/C16H22ClN/c1-2-18-16(13-5-3-4-6-15(13)17)14-10-11-7-8-12(14)9-11/h3-6,11-12,14,16,18H,2,7-10H2,1H3. The maximum Gasteiger partial charge on any atom is 0.0453 e.